The molecule has 9 rings (SSSR count). The third-order valence-electron chi connectivity index (χ3n) is 8.73. The van der Waals surface area contributed by atoms with Crippen LogP contribution in [0.2, 0.25) is 0 Å². The Kier molecular flexibility index (Phi) is 6.65. The van der Waals surface area contributed by atoms with Gasteiger partial charge in [0, 0.05) is 38.0 Å². The molecule has 0 N–H and O–H groups in total. The second-order valence-electron chi connectivity index (χ2n) is 11.6. The van der Waals surface area contributed by atoms with Crippen molar-refractivity contribution in [2.45, 2.75) is 0 Å². The lowest BCUT2D eigenvalue weighted by atomic mass is 10.0. The van der Waals surface area contributed by atoms with E-state index in [1.165, 1.54) is 31.3 Å². The fourth-order valence-electron chi connectivity index (χ4n) is 6.44. The molecule has 0 unspecified atom stereocenters. The molecule has 9 aromatic rings. The average molecular weight is 621 g/mol. The Hall–Kier alpha value is -5.97. The fraction of sp³-hybridized carbons (Fsp3) is 0. The van der Waals surface area contributed by atoms with Gasteiger partial charge in [0.25, 0.3) is 0 Å². The van der Waals surface area contributed by atoms with E-state index in [0.717, 1.165) is 44.9 Å². The number of nitrogens with zero attached hydrogens (tertiary/aromatic N) is 2. The first-order valence-corrected chi connectivity index (χ1v) is 16.5. The van der Waals surface area contributed by atoms with Crippen molar-refractivity contribution in [3.63, 3.8) is 0 Å². The second kappa shape index (κ2) is 11.4. The summed E-state index contributed by atoms with van der Waals surface area (Å²) in [6.45, 7) is 0. The molecule has 0 saturated heterocycles. The molecule has 0 saturated carbocycles. The van der Waals surface area contributed by atoms with Gasteiger partial charge in [-0.15, -0.1) is 11.3 Å². The van der Waals surface area contributed by atoms with E-state index in [-0.39, 0.29) is 0 Å². The average Bonchev–Trinajstić information content (AvgIpc) is 3.76. The van der Waals surface area contributed by atoms with Crippen LogP contribution in [0.1, 0.15) is 0 Å². The normalized spacial score (nSPS) is 11.4. The molecule has 2 aromatic heterocycles. The first kappa shape index (κ1) is 27.3. The summed E-state index contributed by atoms with van der Waals surface area (Å²) in [4.78, 5) is 7.30. The van der Waals surface area contributed by atoms with E-state index in [9.17, 15) is 0 Å². The number of fused-ring (bicyclic) bond motifs is 4. The van der Waals surface area contributed by atoms with Gasteiger partial charge in [-0.2, -0.15) is 0 Å². The van der Waals surface area contributed by atoms with E-state index in [1.54, 1.807) is 0 Å². The number of hydrogen-bond donors (Lipinski definition) is 0. The first-order valence-electron chi connectivity index (χ1n) is 15.7. The van der Waals surface area contributed by atoms with E-state index < -0.39 is 0 Å². The van der Waals surface area contributed by atoms with Gasteiger partial charge >= 0.3 is 0 Å². The SMILES string of the molecule is c1ccc(-c2ccc(N(c3ccc(-c4cccc5oc(-c6ccccc6)nc45)cc3)c3cccc4c3sc3ccccc34)cc2)cc1. The lowest BCUT2D eigenvalue weighted by molar-refractivity contribution is 0.620. The van der Waals surface area contributed by atoms with Crippen molar-refractivity contribution in [3.05, 3.63) is 170 Å². The third-order valence-corrected chi connectivity index (χ3v) is 9.94. The number of anilines is 3. The van der Waals surface area contributed by atoms with Gasteiger partial charge in [-0.1, -0.05) is 115 Å². The van der Waals surface area contributed by atoms with Gasteiger partial charge in [0.1, 0.15) is 5.52 Å². The van der Waals surface area contributed by atoms with Gasteiger partial charge < -0.3 is 9.32 Å². The number of thiophene rings is 1. The largest absolute Gasteiger partial charge is 0.436 e. The van der Waals surface area contributed by atoms with Crippen LogP contribution in [0.3, 0.4) is 0 Å². The summed E-state index contributed by atoms with van der Waals surface area (Å²) in [5.74, 6) is 0.631. The Balaban J connectivity index is 1.16. The van der Waals surface area contributed by atoms with Gasteiger partial charge in [-0.05, 0) is 71.3 Å². The van der Waals surface area contributed by atoms with Crippen LogP contribution in [-0.4, -0.2) is 4.98 Å². The predicted molar refractivity (Wildman–Crippen MR) is 198 cm³/mol. The maximum atomic E-state index is 6.18. The van der Waals surface area contributed by atoms with Gasteiger partial charge in [-0.25, -0.2) is 4.98 Å². The molecular formula is C43H28N2OS. The van der Waals surface area contributed by atoms with Crippen LogP contribution >= 0.6 is 11.3 Å². The van der Waals surface area contributed by atoms with Crippen molar-refractivity contribution >= 4 is 59.7 Å². The van der Waals surface area contributed by atoms with E-state index in [1.807, 2.05) is 53.8 Å². The van der Waals surface area contributed by atoms with Gasteiger partial charge in [0.05, 0.1) is 10.4 Å². The minimum atomic E-state index is 0.631. The van der Waals surface area contributed by atoms with E-state index in [2.05, 4.69) is 132 Å². The first-order chi connectivity index (χ1) is 23.3. The summed E-state index contributed by atoms with van der Waals surface area (Å²) in [6, 6.07) is 59.7. The quantitative estimate of drug-likeness (QED) is 0.185. The van der Waals surface area contributed by atoms with Crippen molar-refractivity contribution in [2.75, 3.05) is 4.90 Å². The molecule has 0 fully saturated rings. The molecule has 2 heterocycles. The number of para-hydroxylation sites is 1. The molecular weight excluding hydrogens is 593 g/mol. The van der Waals surface area contributed by atoms with Crippen LogP contribution in [0.15, 0.2) is 174 Å². The highest BCUT2D eigenvalue weighted by Gasteiger charge is 2.19. The third kappa shape index (κ3) is 4.87. The van der Waals surface area contributed by atoms with E-state index >= 15 is 0 Å². The van der Waals surface area contributed by atoms with Gasteiger partial charge in [0.15, 0.2) is 5.58 Å². The molecule has 0 aliphatic heterocycles. The highest BCUT2D eigenvalue weighted by Crippen LogP contribution is 2.45. The topological polar surface area (TPSA) is 29.3 Å². The minimum absolute atomic E-state index is 0.631. The van der Waals surface area contributed by atoms with Gasteiger partial charge in [-0.3, -0.25) is 0 Å². The fourth-order valence-corrected chi connectivity index (χ4v) is 7.65. The summed E-state index contributed by atoms with van der Waals surface area (Å²) in [5, 5.41) is 2.57. The smallest absolute Gasteiger partial charge is 0.227 e. The molecule has 222 valence electrons. The van der Waals surface area contributed by atoms with Crippen molar-refractivity contribution in [3.8, 4) is 33.7 Å². The van der Waals surface area contributed by atoms with Crippen molar-refractivity contribution in [1.29, 1.82) is 0 Å². The van der Waals surface area contributed by atoms with Crippen molar-refractivity contribution in [1.82, 2.24) is 4.98 Å². The molecule has 0 atom stereocenters. The minimum Gasteiger partial charge on any atom is -0.436 e. The molecule has 0 aliphatic rings. The molecule has 0 spiro atoms. The number of aromatic nitrogens is 1. The summed E-state index contributed by atoms with van der Waals surface area (Å²) >= 11 is 1.85. The Labute approximate surface area is 276 Å². The summed E-state index contributed by atoms with van der Waals surface area (Å²) < 4.78 is 8.74. The maximum Gasteiger partial charge on any atom is 0.227 e. The molecule has 0 radical (unpaired) electrons. The van der Waals surface area contributed by atoms with E-state index in [4.69, 9.17) is 9.40 Å². The standard InChI is InChI=1S/C43H28N2OS/c1-3-11-29(12-4-1)30-21-25-33(26-22-30)45(38-18-9-17-37-36-15-7-8-20-40(36)47-42(37)38)34-27-23-31(24-28-34)35-16-10-19-39-41(35)44-43(46-39)32-13-5-2-6-14-32/h1-28H. The van der Waals surface area contributed by atoms with Crippen LogP contribution in [0.4, 0.5) is 17.1 Å². The van der Waals surface area contributed by atoms with Gasteiger partial charge in [0.2, 0.25) is 5.89 Å². The molecule has 47 heavy (non-hydrogen) atoms. The van der Waals surface area contributed by atoms with Crippen LogP contribution < -0.4 is 4.90 Å². The number of oxazole rings is 1. The zero-order chi connectivity index (χ0) is 31.2. The Bertz CT molecular complexity index is 2500. The molecule has 0 aliphatic carbocycles. The van der Waals surface area contributed by atoms with Crippen LogP contribution in [0, 0.1) is 0 Å². The van der Waals surface area contributed by atoms with Crippen molar-refractivity contribution in [2.24, 2.45) is 0 Å². The predicted octanol–water partition coefficient (Wildman–Crippen LogP) is 12.7. The van der Waals surface area contributed by atoms with Crippen LogP contribution in [-0.2, 0) is 0 Å². The summed E-state index contributed by atoms with van der Waals surface area (Å²) in [5.41, 5.74) is 10.5. The Morgan fingerprint density at radius 2 is 1.06 bits per heavy atom. The lowest BCUT2D eigenvalue weighted by Crippen LogP contribution is -2.10. The molecule has 3 nitrogen and oxygen atoms in total. The maximum absolute atomic E-state index is 6.18. The Morgan fingerprint density at radius 3 is 1.81 bits per heavy atom. The van der Waals surface area contributed by atoms with E-state index in [0.29, 0.717) is 5.89 Å². The zero-order valence-corrected chi connectivity index (χ0v) is 26.2. The second-order valence-corrected chi connectivity index (χ2v) is 12.6. The summed E-state index contributed by atoms with van der Waals surface area (Å²) in [6.07, 6.45) is 0. The van der Waals surface area contributed by atoms with Crippen molar-refractivity contribution < 1.29 is 4.42 Å². The van der Waals surface area contributed by atoms with Crippen LogP contribution in [0.25, 0.3) is 65.0 Å². The number of hydrogen-bond acceptors (Lipinski definition) is 4. The molecule has 0 bridgehead atoms. The van der Waals surface area contributed by atoms with Crippen LogP contribution in [0.5, 0.6) is 0 Å². The summed E-state index contributed by atoms with van der Waals surface area (Å²) in [7, 11) is 0. The highest BCUT2D eigenvalue weighted by atomic mass is 32.1. The monoisotopic (exact) mass is 620 g/mol. The molecule has 0 amide bonds. The highest BCUT2D eigenvalue weighted by molar-refractivity contribution is 7.26. The zero-order valence-electron chi connectivity index (χ0n) is 25.4. The molecule has 7 aromatic carbocycles. The number of rotatable bonds is 6. The number of benzene rings is 7. The molecule has 4 heteroatoms. The lowest BCUT2D eigenvalue weighted by Gasteiger charge is -2.26. The Morgan fingerprint density at radius 1 is 0.468 bits per heavy atom.